The first-order valence-corrected chi connectivity index (χ1v) is 6.40. The molecular weight excluding hydrogens is 260 g/mol. The molecule has 1 saturated heterocycles. The zero-order valence-corrected chi connectivity index (χ0v) is 10.6. The lowest BCUT2D eigenvalue weighted by atomic mass is 9.88. The number of piperidine rings is 1. The Kier molecular flexibility index (Phi) is 5.65. The monoisotopic (exact) mass is 279 g/mol. The smallest absolute Gasteiger partial charge is 0.374 e. The molecule has 0 aliphatic carbocycles. The van der Waals surface area contributed by atoms with Crippen molar-refractivity contribution in [3.63, 3.8) is 0 Å². The summed E-state index contributed by atoms with van der Waals surface area (Å²) in [6, 6.07) is -0.556. The van der Waals surface area contributed by atoms with Gasteiger partial charge in [0.15, 0.2) is 0 Å². The van der Waals surface area contributed by atoms with Crippen molar-refractivity contribution in [2.75, 3.05) is 6.54 Å². The van der Waals surface area contributed by atoms with Gasteiger partial charge in [-0.15, -0.1) is 0 Å². The van der Waals surface area contributed by atoms with Gasteiger partial charge in [0.1, 0.15) is 6.04 Å². The highest BCUT2D eigenvalue weighted by Crippen LogP contribution is 2.26. The summed E-state index contributed by atoms with van der Waals surface area (Å²) in [6.07, 6.45) is 1.99. The van der Waals surface area contributed by atoms with Gasteiger partial charge in [0.05, 0.1) is 0 Å². The van der Waals surface area contributed by atoms with Crippen LogP contribution in [0.3, 0.4) is 0 Å². The first kappa shape index (κ1) is 15.8. The summed E-state index contributed by atoms with van der Waals surface area (Å²) in [6.45, 7) is 0.618. The molecule has 1 rings (SSSR count). The van der Waals surface area contributed by atoms with Crippen molar-refractivity contribution in [1.82, 2.24) is 5.32 Å². The zero-order chi connectivity index (χ0) is 14.5. The molecule has 7 heteroatoms. The predicted molar refractivity (Wildman–Crippen MR) is 63.2 cm³/mol. The Morgan fingerprint density at radius 3 is 2.53 bits per heavy atom. The number of carboxylic acids is 2. The highest BCUT2D eigenvalue weighted by molar-refractivity contribution is 5.75. The lowest BCUT2D eigenvalue weighted by Gasteiger charge is -2.27. The molecule has 0 bridgehead atoms. The summed E-state index contributed by atoms with van der Waals surface area (Å²) < 4.78 is 25.6. The first-order chi connectivity index (χ1) is 8.83. The molecule has 1 aliphatic heterocycles. The minimum absolute atomic E-state index is 0.140. The fraction of sp³-hybridized carbons (Fsp3) is 0.833. The third kappa shape index (κ3) is 5.10. The van der Waals surface area contributed by atoms with Crippen LogP contribution in [0.5, 0.6) is 0 Å². The van der Waals surface area contributed by atoms with Crippen LogP contribution in [0, 0.1) is 5.92 Å². The lowest BCUT2D eigenvalue weighted by molar-refractivity contribution is -0.165. The molecule has 1 aliphatic rings. The quantitative estimate of drug-likeness (QED) is 0.618. The Hall–Kier alpha value is -1.24. The third-order valence-corrected chi connectivity index (χ3v) is 3.48. The second kappa shape index (κ2) is 6.79. The van der Waals surface area contributed by atoms with Crippen LogP contribution >= 0.6 is 0 Å². The van der Waals surface area contributed by atoms with E-state index in [1.54, 1.807) is 0 Å². The van der Waals surface area contributed by atoms with Crippen molar-refractivity contribution < 1.29 is 28.6 Å². The number of rotatable bonds is 7. The van der Waals surface area contributed by atoms with Crippen LogP contribution in [0.15, 0.2) is 0 Å². The molecule has 2 unspecified atom stereocenters. The molecular formula is C12H19F2NO4. The summed E-state index contributed by atoms with van der Waals surface area (Å²) in [5.41, 5.74) is 0. The number of unbranched alkanes of at least 4 members (excludes halogenated alkanes) is 1. The second-order valence-electron chi connectivity index (χ2n) is 4.99. The Labute approximate surface area is 110 Å². The van der Waals surface area contributed by atoms with Crippen LogP contribution in [0.1, 0.15) is 38.5 Å². The maximum absolute atomic E-state index is 12.8. The maximum atomic E-state index is 12.8. The fourth-order valence-electron chi connectivity index (χ4n) is 2.33. The van der Waals surface area contributed by atoms with E-state index < -0.39 is 30.3 Å². The van der Waals surface area contributed by atoms with Gasteiger partial charge >= 0.3 is 17.9 Å². The van der Waals surface area contributed by atoms with E-state index in [9.17, 15) is 18.4 Å². The van der Waals surface area contributed by atoms with Crippen molar-refractivity contribution >= 4 is 11.9 Å². The minimum Gasteiger partial charge on any atom is -0.480 e. The van der Waals surface area contributed by atoms with Crippen molar-refractivity contribution in [3.8, 4) is 0 Å². The van der Waals surface area contributed by atoms with Crippen LogP contribution < -0.4 is 5.32 Å². The molecule has 0 amide bonds. The number of carboxylic acid groups (broad SMARTS) is 2. The van der Waals surface area contributed by atoms with Gasteiger partial charge in [0.2, 0.25) is 0 Å². The molecule has 0 aromatic heterocycles. The van der Waals surface area contributed by atoms with E-state index in [0.29, 0.717) is 25.8 Å². The van der Waals surface area contributed by atoms with Gasteiger partial charge in [0.25, 0.3) is 0 Å². The first-order valence-electron chi connectivity index (χ1n) is 6.40. The molecule has 5 nitrogen and oxygen atoms in total. The van der Waals surface area contributed by atoms with Crippen LogP contribution in [0.2, 0.25) is 0 Å². The SMILES string of the molecule is O=C(O)C1CC(CCCCC(F)(F)C(=O)O)CCN1. The van der Waals surface area contributed by atoms with Gasteiger partial charge < -0.3 is 15.5 Å². The maximum Gasteiger partial charge on any atom is 0.374 e. The van der Waals surface area contributed by atoms with Crippen molar-refractivity contribution in [3.05, 3.63) is 0 Å². The largest absolute Gasteiger partial charge is 0.480 e. The zero-order valence-electron chi connectivity index (χ0n) is 10.6. The molecule has 110 valence electrons. The summed E-state index contributed by atoms with van der Waals surface area (Å²) in [4.78, 5) is 21.0. The Balaban J connectivity index is 2.22. The normalized spacial score (nSPS) is 24.1. The van der Waals surface area contributed by atoms with Crippen molar-refractivity contribution in [2.45, 2.75) is 50.5 Å². The standard InChI is InChI=1S/C12H19F2NO4/c13-12(14,11(18)19)5-2-1-3-8-4-6-15-9(7-8)10(16)17/h8-9,15H,1-7H2,(H,16,17)(H,18,19). The highest BCUT2D eigenvalue weighted by atomic mass is 19.3. The van der Waals surface area contributed by atoms with E-state index in [-0.39, 0.29) is 12.3 Å². The second-order valence-corrected chi connectivity index (χ2v) is 4.99. The van der Waals surface area contributed by atoms with Gasteiger partial charge in [-0.25, -0.2) is 4.79 Å². The van der Waals surface area contributed by atoms with E-state index in [1.165, 1.54) is 0 Å². The number of alkyl halides is 2. The lowest BCUT2D eigenvalue weighted by Crippen LogP contribution is -2.43. The number of carbonyl (C=O) groups is 2. The van der Waals surface area contributed by atoms with Crippen LogP contribution in [-0.2, 0) is 9.59 Å². The number of hydrogen-bond donors (Lipinski definition) is 3. The fourth-order valence-corrected chi connectivity index (χ4v) is 2.33. The Bertz CT molecular complexity index is 336. The molecule has 0 aromatic rings. The topological polar surface area (TPSA) is 86.6 Å². The van der Waals surface area contributed by atoms with E-state index in [1.807, 2.05) is 0 Å². The summed E-state index contributed by atoms with van der Waals surface area (Å²) in [5, 5.41) is 20.0. The van der Waals surface area contributed by atoms with E-state index in [4.69, 9.17) is 10.2 Å². The molecule has 0 saturated carbocycles. The summed E-state index contributed by atoms with van der Waals surface area (Å²) in [7, 11) is 0. The van der Waals surface area contributed by atoms with Crippen LogP contribution in [0.4, 0.5) is 8.78 Å². The van der Waals surface area contributed by atoms with Crippen LogP contribution in [0.25, 0.3) is 0 Å². The number of hydrogen-bond acceptors (Lipinski definition) is 3. The van der Waals surface area contributed by atoms with E-state index in [2.05, 4.69) is 5.32 Å². The Morgan fingerprint density at radius 1 is 1.26 bits per heavy atom. The van der Waals surface area contributed by atoms with Gasteiger partial charge in [-0.05, 0) is 31.7 Å². The van der Waals surface area contributed by atoms with Gasteiger partial charge in [-0.2, -0.15) is 8.78 Å². The molecule has 2 atom stereocenters. The highest BCUT2D eigenvalue weighted by Gasteiger charge is 2.37. The van der Waals surface area contributed by atoms with Gasteiger partial charge in [-0.1, -0.05) is 12.8 Å². The number of nitrogens with one attached hydrogen (secondary N) is 1. The minimum atomic E-state index is -3.66. The average Bonchev–Trinajstić information content (AvgIpc) is 2.35. The number of halogens is 2. The van der Waals surface area contributed by atoms with E-state index in [0.717, 1.165) is 6.42 Å². The summed E-state index contributed by atoms with van der Waals surface area (Å²) >= 11 is 0. The molecule has 0 radical (unpaired) electrons. The molecule has 0 aromatic carbocycles. The Morgan fingerprint density at radius 2 is 1.95 bits per heavy atom. The predicted octanol–water partition coefficient (Wildman–Crippen LogP) is 1.72. The van der Waals surface area contributed by atoms with Crippen molar-refractivity contribution in [1.29, 1.82) is 0 Å². The third-order valence-electron chi connectivity index (χ3n) is 3.48. The van der Waals surface area contributed by atoms with Crippen LogP contribution in [-0.4, -0.2) is 40.7 Å². The molecule has 1 heterocycles. The van der Waals surface area contributed by atoms with Gasteiger partial charge in [0, 0.05) is 6.42 Å². The molecule has 19 heavy (non-hydrogen) atoms. The average molecular weight is 279 g/mol. The molecule has 0 spiro atoms. The van der Waals surface area contributed by atoms with Gasteiger partial charge in [-0.3, -0.25) is 4.79 Å². The van der Waals surface area contributed by atoms with Crippen molar-refractivity contribution in [2.24, 2.45) is 5.92 Å². The van der Waals surface area contributed by atoms with E-state index >= 15 is 0 Å². The number of aliphatic carboxylic acids is 2. The molecule has 1 fully saturated rings. The molecule has 3 N–H and O–H groups in total. The summed E-state index contributed by atoms with van der Waals surface area (Å²) in [5.74, 6) is -6.42.